The van der Waals surface area contributed by atoms with Gasteiger partial charge < -0.3 is 15.4 Å². The van der Waals surface area contributed by atoms with Crippen molar-refractivity contribution in [3.8, 4) is 0 Å². The van der Waals surface area contributed by atoms with Crippen LogP contribution in [0.5, 0.6) is 0 Å². The maximum absolute atomic E-state index is 12.2. The van der Waals surface area contributed by atoms with Crippen LogP contribution < -0.4 is 10.6 Å². The summed E-state index contributed by atoms with van der Waals surface area (Å²) >= 11 is 0. The van der Waals surface area contributed by atoms with Crippen molar-refractivity contribution in [1.29, 1.82) is 0 Å². The third kappa shape index (κ3) is 4.54. The molecule has 0 unspecified atom stereocenters. The van der Waals surface area contributed by atoms with Crippen molar-refractivity contribution in [1.82, 2.24) is 5.32 Å². The molecule has 0 aliphatic carbocycles. The van der Waals surface area contributed by atoms with Crippen LogP contribution in [-0.2, 0) is 4.74 Å². The molecule has 2 amide bonds. The highest BCUT2D eigenvalue weighted by Gasteiger charge is 2.25. The largest absolute Gasteiger partial charge is 0.373 e. The summed E-state index contributed by atoms with van der Waals surface area (Å²) in [6.45, 7) is 0.571. The number of nitro benzene ring substituents is 1. The minimum atomic E-state index is -0.494. The van der Waals surface area contributed by atoms with Crippen molar-refractivity contribution < 1.29 is 14.5 Å². The number of nitro groups is 1. The molecule has 130 valence electrons. The first-order chi connectivity index (χ1) is 12.1. The topological polar surface area (TPSA) is 93.5 Å². The molecule has 0 radical (unpaired) electrons. The van der Waals surface area contributed by atoms with E-state index in [0.29, 0.717) is 18.7 Å². The number of hydrogen-bond donors (Lipinski definition) is 2. The van der Waals surface area contributed by atoms with Crippen LogP contribution in [0.4, 0.5) is 16.2 Å². The monoisotopic (exact) mass is 341 g/mol. The Balaban J connectivity index is 1.57. The number of benzene rings is 2. The first-order valence-corrected chi connectivity index (χ1v) is 8.10. The molecule has 0 bridgehead atoms. The highest BCUT2D eigenvalue weighted by atomic mass is 16.6. The maximum atomic E-state index is 12.2. The van der Waals surface area contributed by atoms with Crippen molar-refractivity contribution in [2.45, 2.75) is 25.0 Å². The van der Waals surface area contributed by atoms with E-state index in [0.717, 1.165) is 12.0 Å². The number of rotatable bonds is 4. The Labute approximate surface area is 145 Å². The van der Waals surface area contributed by atoms with Gasteiger partial charge in [-0.3, -0.25) is 10.1 Å². The molecule has 2 aromatic carbocycles. The van der Waals surface area contributed by atoms with E-state index >= 15 is 0 Å². The molecule has 0 spiro atoms. The number of anilines is 1. The molecule has 0 aromatic heterocycles. The third-order valence-electron chi connectivity index (χ3n) is 4.11. The summed E-state index contributed by atoms with van der Waals surface area (Å²) in [6, 6.07) is 15.4. The molecule has 1 saturated heterocycles. The minimum Gasteiger partial charge on any atom is -0.373 e. The van der Waals surface area contributed by atoms with E-state index in [9.17, 15) is 14.9 Å². The third-order valence-corrected chi connectivity index (χ3v) is 4.11. The van der Waals surface area contributed by atoms with Crippen LogP contribution in [-0.4, -0.2) is 23.6 Å². The van der Waals surface area contributed by atoms with E-state index < -0.39 is 4.92 Å². The molecule has 1 fully saturated rings. The first kappa shape index (κ1) is 16.9. The molecular weight excluding hydrogens is 322 g/mol. The highest BCUT2D eigenvalue weighted by molar-refractivity contribution is 5.89. The highest BCUT2D eigenvalue weighted by Crippen LogP contribution is 2.28. The van der Waals surface area contributed by atoms with E-state index in [-0.39, 0.29) is 23.9 Å². The lowest BCUT2D eigenvalue weighted by Crippen LogP contribution is -2.42. The van der Waals surface area contributed by atoms with Gasteiger partial charge in [0.1, 0.15) is 0 Å². The number of amides is 2. The Morgan fingerprint density at radius 2 is 1.96 bits per heavy atom. The van der Waals surface area contributed by atoms with E-state index in [1.54, 1.807) is 6.07 Å². The molecule has 1 aliphatic rings. The zero-order chi connectivity index (χ0) is 17.6. The van der Waals surface area contributed by atoms with Gasteiger partial charge in [-0.05, 0) is 24.5 Å². The van der Waals surface area contributed by atoms with Crippen LogP contribution >= 0.6 is 0 Å². The molecule has 2 atom stereocenters. The summed E-state index contributed by atoms with van der Waals surface area (Å²) in [6.07, 6.45) is 1.37. The Morgan fingerprint density at radius 1 is 1.16 bits per heavy atom. The van der Waals surface area contributed by atoms with Crippen LogP contribution in [0, 0.1) is 10.1 Å². The number of carbonyl (C=O) groups excluding carboxylic acids is 1. The van der Waals surface area contributed by atoms with E-state index in [1.165, 1.54) is 18.2 Å². The van der Waals surface area contributed by atoms with Crippen molar-refractivity contribution in [3.05, 3.63) is 70.3 Å². The predicted molar refractivity (Wildman–Crippen MR) is 93.4 cm³/mol. The zero-order valence-electron chi connectivity index (χ0n) is 13.6. The average Bonchev–Trinajstić information content (AvgIpc) is 2.63. The van der Waals surface area contributed by atoms with Gasteiger partial charge in [0.05, 0.1) is 11.0 Å². The van der Waals surface area contributed by atoms with Gasteiger partial charge in [-0.1, -0.05) is 36.4 Å². The van der Waals surface area contributed by atoms with E-state index in [1.807, 2.05) is 30.3 Å². The van der Waals surface area contributed by atoms with Crippen molar-refractivity contribution in [2.24, 2.45) is 0 Å². The SMILES string of the molecule is O=C(Nc1cccc([N+](=O)[O-])c1)N[C@@H]1CCO[C@H](c2ccccc2)C1. The summed E-state index contributed by atoms with van der Waals surface area (Å²) in [5.74, 6) is 0. The number of urea groups is 1. The molecule has 0 saturated carbocycles. The van der Waals surface area contributed by atoms with Crippen LogP contribution in [0.15, 0.2) is 54.6 Å². The second kappa shape index (κ2) is 7.76. The molecule has 7 heteroatoms. The van der Waals surface area contributed by atoms with Gasteiger partial charge in [-0.15, -0.1) is 0 Å². The van der Waals surface area contributed by atoms with Gasteiger partial charge >= 0.3 is 6.03 Å². The Morgan fingerprint density at radius 3 is 2.72 bits per heavy atom. The fourth-order valence-electron chi connectivity index (χ4n) is 2.88. The summed E-state index contributed by atoms with van der Waals surface area (Å²) in [7, 11) is 0. The number of hydrogen-bond acceptors (Lipinski definition) is 4. The van der Waals surface area contributed by atoms with Crippen molar-refractivity contribution in [3.63, 3.8) is 0 Å². The Hall–Kier alpha value is -2.93. The number of nitrogens with one attached hydrogen (secondary N) is 2. The fourth-order valence-corrected chi connectivity index (χ4v) is 2.88. The lowest BCUT2D eigenvalue weighted by Gasteiger charge is -2.30. The second-order valence-electron chi connectivity index (χ2n) is 5.90. The first-order valence-electron chi connectivity index (χ1n) is 8.10. The lowest BCUT2D eigenvalue weighted by atomic mass is 9.97. The fraction of sp³-hybridized carbons (Fsp3) is 0.278. The van der Waals surface area contributed by atoms with Gasteiger partial charge in [-0.25, -0.2) is 4.79 Å². The molecule has 1 heterocycles. The van der Waals surface area contributed by atoms with Crippen LogP contribution in [0.1, 0.15) is 24.5 Å². The van der Waals surface area contributed by atoms with E-state index in [4.69, 9.17) is 4.74 Å². The lowest BCUT2D eigenvalue weighted by molar-refractivity contribution is -0.384. The summed E-state index contributed by atoms with van der Waals surface area (Å²) in [5, 5.41) is 16.3. The molecular formula is C18H19N3O4. The molecule has 7 nitrogen and oxygen atoms in total. The van der Waals surface area contributed by atoms with E-state index in [2.05, 4.69) is 10.6 Å². The van der Waals surface area contributed by atoms with Gasteiger partial charge in [0, 0.05) is 30.5 Å². The van der Waals surface area contributed by atoms with Crippen molar-refractivity contribution >= 4 is 17.4 Å². The molecule has 1 aliphatic heterocycles. The molecule has 2 aromatic rings. The Bertz CT molecular complexity index is 751. The summed E-state index contributed by atoms with van der Waals surface area (Å²) in [4.78, 5) is 22.5. The van der Waals surface area contributed by atoms with Gasteiger partial charge in [0.25, 0.3) is 5.69 Å². The molecule has 3 rings (SSSR count). The summed E-state index contributed by atoms with van der Waals surface area (Å²) < 4.78 is 5.79. The molecule has 2 N–H and O–H groups in total. The van der Waals surface area contributed by atoms with Gasteiger partial charge in [0.15, 0.2) is 0 Å². The number of non-ortho nitro benzene ring substituents is 1. The quantitative estimate of drug-likeness (QED) is 0.656. The van der Waals surface area contributed by atoms with Crippen LogP contribution in [0.2, 0.25) is 0 Å². The van der Waals surface area contributed by atoms with Crippen LogP contribution in [0.3, 0.4) is 0 Å². The standard InChI is InChI=1S/C18H19N3O4/c22-18(19-14-7-4-8-16(11-14)21(23)24)20-15-9-10-25-17(12-15)13-5-2-1-3-6-13/h1-8,11,15,17H,9-10,12H2,(H2,19,20,22)/t15-,17+/m1/s1. The predicted octanol–water partition coefficient (Wildman–Crippen LogP) is 3.64. The average molecular weight is 341 g/mol. The van der Waals surface area contributed by atoms with Gasteiger partial charge in [-0.2, -0.15) is 0 Å². The number of nitrogens with zero attached hydrogens (tertiary/aromatic N) is 1. The normalized spacial score (nSPS) is 19.8. The molecule has 25 heavy (non-hydrogen) atoms. The number of carbonyl (C=O) groups is 1. The van der Waals surface area contributed by atoms with Crippen LogP contribution in [0.25, 0.3) is 0 Å². The minimum absolute atomic E-state index is 0.0161. The smallest absolute Gasteiger partial charge is 0.319 e. The Kier molecular flexibility index (Phi) is 5.25. The summed E-state index contributed by atoms with van der Waals surface area (Å²) in [5.41, 5.74) is 1.42. The van der Waals surface area contributed by atoms with Gasteiger partial charge in [0.2, 0.25) is 0 Å². The maximum Gasteiger partial charge on any atom is 0.319 e. The van der Waals surface area contributed by atoms with Crippen molar-refractivity contribution in [2.75, 3.05) is 11.9 Å². The zero-order valence-corrected chi connectivity index (χ0v) is 13.6. The second-order valence-corrected chi connectivity index (χ2v) is 5.90. The number of ether oxygens (including phenoxy) is 1.